The molecule has 3 fully saturated rings. The van der Waals surface area contributed by atoms with Crippen molar-refractivity contribution in [3.05, 3.63) is 40.8 Å². The molecule has 3 saturated heterocycles. The summed E-state index contributed by atoms with van der Waals surface area (Å²) in [6, 6.07) is 5.97. The molecule has 0 saturated carbocycles. The highest BCUT2D eigenvalue weighted by Gasteiger charge is 2.40. The first-order valence-corrected chi connectivity index (χ1v) is 14.2. The number of hydrogen-bond acceptors (Lipinski definition) is 7. The maximum Gasteiger partial charge on any atom is 0.319 e. The van der Waals surface area contributed by atoms with Gasteiger partial charge in [0.2, 0.25) is 0 Å². The van der Waals surface area contributed by atoms with Gasteiger partial charge in [0.1, 0.15) is 17.4 Å². The van der Waals surface area contributed by atoms with Gasteiger partial charge in [0, 0.05) is 61.2 Å². The first kappa shape index (κ1) is 27.4. The second kappa shape index (κ2) is 10.6. The molecule has 1 spiro atoms. The molecule has 11 heteroatoms. The van der Waals surface area contributed by atoms with Crippen LogP contribution < -0.4 is 15.0 Å². The number of rotatable bonds is 4. The summed E-state index contributed by atoms with van der Waals surface area (Å²) in [5, 5.41) is 12.4. The van der Waals surface area contributed by atoms with Gasteiger partial charge in [-0.2, -0.15) is 15.1 Å². The number of piperidine rings is 2. The van der Waals surface area contributed by atoms with Crippen LogP contribution in [0.2, 0.25) is 5.02 Å². The summed E-state index contributed by atoms with van der Waals surface area (Å²) in [4.78, 5) is 14.1. The van der Waals surface area contributed by atoms with E-state index in [1.54, 1.807) is 6.20 Å². The highest BCUT2D eigenvalue weighted by atomic mass is 35.5. The lowest BCUT2D eigenvalue weighted by molar-refractivity contribution is 0.105. The lowest BCUT2D eigenvalue weighted by atomic mass is 9.73. The van der Waals surface area contributed by atoms with Gasteiger partial charge in [0.25, 0.3) is 0 Å². The average molecular weight is 587 g/mol. The number of anilines is 1. The highest BCUT2D eigenvalue weighted by Crippen LogP contribution is 2.43. The third kappa shape index (κ3) is 4.66. The fraction of sp³-hybridized carbons (Fsp3) is 0.483. The number of aryl methyl sites for hydroxylation is 1. The summed E-state index contributed by atoms with van der Waals surface area (Å²) in [6.07, 6.45) is 5.66. The molecule has 0 unspecified atom stereocenters. The third-order valence-electron chi connectivity index (χ3n) is 8.99. The van der Waals surface area contributed by atoms with Crippen LogP contribution in [-0.4, -0.2) is 77.5 Å². The van der Waals surface area contributed by atoms with E-state index in [1.807, 2.05) is 25.1 Å². The van der Waals surface area contributed by atoms with Crippen molar-refractivity contribution in [2.45, 2.75) is 38.7 Å². The molecule has 0 radical (unpaired) electrons. The molecule has 2 aromatic heterocycles. The number of fused-ring (bicyclic) bond motifs is 2. The molecule has 0 aliphatic carbocycles. The summed E-state index contributed by atoms with van der Waals surface area (Å²) in [5.74, 6) is 0.249. The van der Waals surface area contributed by atoms with E-state index < -0.39 is 5.82 Å². The predicted molar refractivity (Wildman–Crippen MR) is 159 cm³/mol. The van der Waals surface area contributed by atoms with Crippen molar-refractivity contribution in [2.75, 3.05) is 51.2 Å². The van der Waals surface area contributed by atoms with E-state index in [0.29, 0.717) is 27.2 Å². The normalized spacial score (nSPS) is 19.6. The minimum absolute atomic E-state index is 0. The number of nitrogens with one attached hydrogen (secondary N) is 2. The van der Waals surface area contributed by atoms with Crippen molar-refractivity contribution in [1.82, 2.24) is 30.4 Å². The Kier molecular flexibility index (Phi) is 7.27. The molecule has 7 rings (SSSR count). The van der Waals surface area contributed by atoms with E-state index in [0.717, 1.165) is 87.0 Å². The number of likely N-dealkylation sites (tertiary alicyclic amines) is 1. The van der Waals surface area contributed by atoms with Gasteiger partial charge >= 0.3 is 6.01 Å². The van der Waals surface area contributed by atoms with Crippen molar-refractivity contribution in [2.24, 2.45) is 5.41 Å². The van der Waals surface area contributed by atoms with Crippen molar-refractivity contribution < 1.29 is 9.13 Å². The molecule has 40 heavy (non-hydrogen) atoms. The van der Waals surface area contributed by atoms with Gasteiger partial charge in [-0.3, -0.25) is 5.10 Å². The van der Waals surface area contributed by atoms with E-state index in [9.17, 15) is 0 Å². The summed E-state index contributed by atoms with van der Waals surface area (Å²) < 4.78 is 23.0. The number of halogens is 3. The maximum absolute atomic E-state index is 16.7. The van der Waals surface area contributed by atoms with Crippen LogP contribution in [0.3, 0.4) is 0 Å². The summed E-state index contributed by atoms with van der Waals surface area (Å²) >= 11 is 6.89. The topological polar surface area (TPSA) is 82.2 Å². The Morgan fingerprint density at radius 3 is 2.50 bits per heavy atom. The molecule has 3 aliphatic heterocycles. The van der Waals surface area contributed by atoms with E-state index in [-0.39, 0.29) is 30.0 Å². The summed E-state index contributed by atoms with van der Waals surface area (Å²) in [6.45, 7) is 7.72. The molecule has 8 nitrogen and oxygen atoms in total. The van der Waals surface area contributed by atoms with Gasteiger partial charge in [-0.25, -0.2) is 4.39 Å². The third-order valence-corrected chi connectivity index (χ3v) is 9.28. The lowest BCUT2D eigenvalue weighted by Gasteiger charge is -2.48. The molecule has 4 aromatic rings. The van der Waals surface area contributed by atoms with Crippen LogP contribution in [0, 0.1) is 18.2 Å². The number of benzene rings is 2. The van der Waals surface area contributed by atoms with Gasteiger partial charge in [0.15, 0.2) is 5.82 Å². The Labute approximate surface area is 244 Å². The van der Waals surface area contributed by atoms with Crippen LogP contribution >= 0.6 is 24.0 Å². The number of H-pyrrole nitrogens is 1. The Hall–Kier alpha value is -2.72. The second-order valence-corrected chi connectivity index (χ2v) is 12.0. The Morgan fingerprint density at radius 1 is 1.05 bits per heavy atom. The number of aromatic nitrogens is 4. The fourth-order valence-electron chi connectivity index (χ4n) is 6.42. The number of ether oxygens (including phenoxy) is 1. The molecule has 3 aliphatic rings. The smallest absolute Gasteiger partial charge is 0.319 e. The van der Waals surface area contributed by atoms with Gasteiger partial charge in [-0.05, 0) is 62.8 Å². The first-order valence-electron chi connectivity index (χ1n) is 13.8. The van der Waals surface area contributed by atoms with Crippen LogP contribution in [0.15, 0.2) is 24.4 Å². The van der Waals surface area contributed by atoms with E-state index in [1.165, 1.54) is 0 Å². The first-order chi connectivity index (χ1) is 18.9. The Morgan fingerprint density at radius 2 is 1.80 bits per heavy atom. The minimum atomic E-state index is -0.456. The second-order valence-electron chi connectivity index (χ2n) is 11.6. The zero-order chi connectivity index (χ0) is 26.7. The molecule has 212 valence electrons. The van der Waals surface area contributed by atoms with Crippen LogP contribution in [0.5, 0.6) is 6.01 Å². The standard InChI is InChI=1S/C29H33ClFN7O.ClH/c1-17-3-4-22-20(14-33-36-22)23(17)24-21(30)13-19-26(25(24)31)34-28(39-18-5-9-37(2)10-6-18)35-27(19)38-11-7-29(8-12-38)15-32-16-29;/h3-4,13-14,18,32H,5-12,15-16H2,1-2H3,(H,33,36);1H. The molecule has 5 heterocycles. The Balaban J connectivity index is 0.00000289. The quantitative estimate of drug-likeness (QED) is 0.333. The monoisotopic (exact) mass is 585 g/mol. The van der Waals surface area contributed by atoms with Crippen molar-refractivity contribution in [3.63, 3.8) is 0 Å². The fourth-order valence-corrected chi connectivity index (χ4v) is 6.70. The molecule has 2 N–H and O–H groups in total. The van der Waals surface area contributed by atoms with Gasteiger partial charge < -0.3 is 19.9 Å². The van der Waals surface area contributed by atoms with E-state index in [2.05, 4.69) is 37.3 Å². The van der Waals surface area contributed by atoms with Crippen molar-refractivity contribution >= 4 is 51.6 Å². The SMILES string of the molecule is Cc1ccc2[nH]ncc2c1-c1c(Cl)cc2c(N3CCC4(CC3)CNC4)nc(OC3CCN(C)CC3)nc2c1F.Cl. The van der Waals surface area contributed by atoms with Gasteiger partial charge in [0.05, 0.1) is 16.7 Å². The number of hydrogen-bond donors (Lipinski definition) is 2. The van der Waals surface area contributed by atoms with Crippen LogP contribution in [0.4, 0.5) is 10.2 Å². The van der Waals surface area contributed by atoms with Crippen LogP contribution in [-0.2, 0) is 0 Å². The largest absolute Gasteiger partial charge is 0.460 e. The zero-order valence-electron chi connectivity index (χ0n) is 22.8. The maximum atomic E-state index is 16.7. The number of nitrogens with zero attached hydrogens (tertiary/aromatic N) is 5. The molecular weight excluding hydrogens is 552 g/mol. The van der Waals surface area contributed by atoms with Crippen LogP contribution in [0.25, 0.3) is 32.9 Å². The number of aromatic amines is 1. The van der Waals surface area contributed by atoms with E-state index >= 15 is 4.39 Å². The van der Waals surface area contributed by atoms with Gasteiger partial charge in [-0.1, -0.05) is 17.7 Å². The molecule has 0 amide bonds. The highest BCUT2D eigenvalue weighted by molar-refractivity contribution is 6.35. The average Bonchev–Trinajstić information content (AvgIpc) is 3.39. The van der Waals surface area contributed by atoms with Crippen molar-refractivity contribution in [3.8, 4) is 17.1 Å². The van der Waals surface area contributed by atoms with Crippen molar-refractivity contribution in [1.29, 1.82) is 0 Å². The zero-order valence-corrected chi connectivity index (χ0v) is 24.3. The van der Waals surface area contributed by atoms with E-state index in [4.69, 9.17) is 21.3 Å². The summed E-state index contributed by atoms with van der Waals surface area (Å²) in [5.41, 5.74) is 3.42. The molecule has 2 aromatic carbocycles. The minimum Gasteiger partial charge on any atom is -0.460 e. The predicted octanol–water partition coefficient (Wildman–Crippen LogP) is 5.36. The summed E-state index contributed by atoms with van der Waals surface area (Å²) in [7, 11) is 2.12. The lowest BCUT2D eigenvalue weighted by Crippen LogP contribution is -2.58. The van der Waals surface area contributed by atoms with Crippen LogP contribution in [0.1, 0.15) is 31.2 Å². The van der Waals surface area contributed by atoms with Gasteiger partial charge in [-0.15, -0.1) is 12.4 Å². The molecular formula is C29H34Cl2FN7O. The molecule has 0 bridgehead atoms. The Bertz CT molecular complexity index is 1560. The molecule has 0 atom stereocenters.